The Kier molecular flexibility index (Phi) is 7.99. The quantitative estimate of drug-likeness (QED) is 0.533. The molecular weight excluding hydrogens is 368 g/mol. The van der Waals surface area contributed by atoms with E-state index in [0.717, 1.165) is 9.37 Å². The third-order valence-corrected chi connectivity index (χ3v) is 4.28. The molecule has 118 valence electrons. The first-order chi connectivity index (χ1) is 10.4. The molecule has 22 heavy (non-hydrogen) atoms. The fraction of sp³-hybridized carbons (Fsp3) is 0.400. The average molecular weight is 385 g/mol. The van der Waals surface area contributed by atoms with Crippen LogP contribution in [0.2, 0.25) is 0 Å². The monoisotopic (exact) mass is 384 g/mol. The SMILES string of the molecule is C[C@H](OC(=O)CSc1ccc(Br)cc1)C(=O)N(C)CCC#N. The van der Waals surface area contributed by atoms with Crippen molar-refractivity contribution in [1.29, 1.82) is 5.26 Å². The number of nitrogens with zero attached hydrogens (tertiary/aromatic N) is 2. The Morgan fingerprint density at radius 1 is 1.41 bits per heavy atom. The summed E-state index contributed by atoms with van der Waals surface area (Å²) in [4.78, 5) is 26.0. The van der Waals surface area contributed by atoms with Gasteiger partial charge in [0.25, 0.3) is 5.91 Å². The van der Waals surface area contributed by atoms with Crippen molar-refractivity contribution in [2.75, 3.05) is 19.3 Å². The van der Waals surface area contributed by atoms with Gasteiger partial charge in [-0.1, -0.05) is 15.9 Å². The summed E-state index contributed by atoms with van der Waals surface area (Å²) in [7, 11) is 1.58. The Bertz CT molecular complexity index is 557. The number of benzene rings is 1. The number of hydrogen-bond acceptors (Lipinski definition) is 5. The third kappa shape index (κ3) is 6.50. The third-order valence-electron chi connectivity index (χ3n) is 2.76. The molecule has 0 radical (unpaired) electrons. The number of halogens is 1. The van der Waals surface area contributed by atoms with Gasteiger partial charge in [0.1, 0.15) is 0 Å². The molecule has 1 rings (SSSR count). The molecule has 0 aliphatic carbocycles. The van der Waals surface area contributed by atoms with Gasteiger partial charge in [-0.15, -0.1) is 11.8 Å². The molecule has 1 amide bonds. The van der Waals surface area contributed by atoms with Gasteiger partial charge in [-0.3, -0.25) is 9.59 Å². The summed E-state index contributed by atoms with van der Waals surface area (Å²) in [6, 6.07) is 9.54. The van der Waals surface area contributed by atoms with Crippen molar-refractivity contribution in [2.24, 2.45) is 0 Å². The Morgan fingerprint density at radius 3 is 2.64 bits per heavy atom. The van der Waals surface area contributed by atoms with E-state index in [1.54, 1.807) is 7.05 Å². The number of thioether (sulfide) groups is 1. The first kappa shape index (κ1) is 18.5. The molecule has 5 nitrogen and oxygen atoms in total. The summed E-state index contributed by atoms with van der Waals surface area (Å²) in [5.41, 5.74) is 0. The number of esters is 1. The Balaban J connectivity index is 2.39. The molecule has 0 heterocycles. The van der Waals surface area contributed by atoms with Crippen LogP contribution in [-0.2, 0) is 14.3 Å². The van der Waals surface area contributed by atoms with Gasteiger partial charge in [-0.25, -0.2) is 0 Å². The second kappa shape index (κ2) is 9.49. The highest BCUT2D eigenvalue weighted by Gasteiger charge is 2.21. The zero-order valence-corrected chi connectivity index (χ0v) is 14.8. The van der Waals surface area contributed by atoms with E-state index in [2.05, 4.69) is 15.9 Å². The number of ether oxygens (including phenoxy) is 1. The predicted molar refractivity (Wildman–Crippen MR) is 88.3 cm³/mol. The minimum atomic E-state index is -0.846. The molecule has 1 atom stereocenters. The summed E-state index contributed by atoms with van der Waals surface area (Å²) in [5, 5.41) is 8.50. The fourth-order valence-corrected chi connectivity index (χ4v) is 2.54. The summed E-state index contributed by atoms with van der Waals surface area (Å²) in [6.45, 7) is 1.86. The molecule has 0 saturated carbocycles. The lowest BCUT2D eigenvalue weighted by Crippen LogP contribution is -2.38. The smallest absolute Gasteiger partial charge is 0.317 e. The average Bonchev–Trinajstić information content (AvgIpc) is 2.51. The van der Waals surface area contributed by atoms with E-state index in [1.165, 1.54) is 23.6 Å². The van der Waals surface area contributed by atoms with Crippen molar-refractivity contribution in [3.63, 3.8) is 0 Å². The van der Waals surface area contributed by atoms with Gasteiger partial charge >= 0.3 is 5.97 Å². The number of carbonyl (C=O) groups is 2. The minimum Gasteiger partial charge on any atom is -0.452 e. The molecular formula is C15H17BrN2O3S. The standard InChI is InChI=1S/C15H17BrN2O3S/c1-11(15(20)18(2)9-3-8-17)21-14(19)10-22-13-6-4-12(16)5-7-13/h4-7,11H,3,9-10H2,1-2H3/t11-/m0/s1. The summed E-state index contributed by atoms with van der Waals surface area (Å²) in [5.74, 6) is -0.610. The molecule has 0 aliphatic rings. The number of nitriles is 1. The Labute approximate surface area is 142 Å². The van der Waals surface area contributed by atoms with E-state index < -0.39 is 12.1 Å². The number of hydrogen-bond donors (Lipinski definition) is 0. The predicted octanol–water partition coefficient (Wildman–Crippen LogP) is 2.84. The molecule has 0 bridgehead atoms. The zero-order valence-electron chi connectivity index (χ0n) is 12.4. The summed E-state index contributed by atoms with van der Waals surface area (Å²) >= 11 is 4.69. The molecule has 0 aromatic heterocycles. The Morgan fingerprint density at radius 2 is 2.05 bits per heavy atom. The van der Waals surface area contributed by atoms with Crippen LogP contribution >= 0.6 is 27.7 Å². The van der Waals surface area contributed by atoms with Crippen molar-refractivity contribution < 1.29 is 14.3 Å². The normalized spacial score (nSPS) is 11.4. The van der Waals surface area contributed by atoms with Gasteiger partial charge < -0.3 is 9.64 Å². The fourth-order valence-electron chi connectivity index (χ4n) is 1.59. The molecule has 1 aromatic rings. The minimum absolute atomic E-state index is 0.140. The highest BCUT2D eigenvalue weighted by molar-refractivity contribution is 9.10. The van der Waals surface area contributed by atoms with Crippen LogP contribution in [0.15, 0.2) is 33.6 Å². The lowest BCUT2D eigenvalue weighted by molar-refractivity contribution is -0.156. The van der Waals surface area contributed by atoms with Crippen LogP contribution < -0.4 is 0 Å². The van der Waals surface area contributed by atoms with Crippen LogP contribution in [0.4, 0.5) is 0 Å². The lowest BCUT2D eigenvalue weighted by atomic mass is 10.3. The number of likely N-dealkylation sites (N-methyl/N-ethyl adjacent to an activating group) is 1. The van der Waals surface area contributed by atoms with Crippen molar-refractivity contribution in [3.8, 4) is 6.07 Å². The molecule has 0 spiro atoms. The molecule has 7 heteroatoms. The van der Waals surface area contributed by atoms with Crippen molar-refractivity contribution in [2.45, 2.75) is 24.3 Å². The van der Waals surface area contributed by atoms with Gasteiger partial charge in [-0.2, -0.15) is 5.26 Å². The number of amides is 1. The largest absolute Gasteiger partial charge is 0.452 e. The maximum absolute atomic E-state index is 11.9. The molecule has 0 unspecified atom stereocenters. The van der Waals surface area contributed by atoms with E-state index in [-0.39, 0.29) is 18.1 Å². The van der Waals surface area contributed by atoms with Gasteiger partial charge in [0, 0.05) is 23.0 Å². The second-order valence-corrected chi connectivity index (χ2v) is 6.51. The molecule has 1 aromatic carbocycles. The lowest BCUT2D eigenvalue weighted by Gasteiger charge is -2.20. The van der Waals surface area contributed by atoms with Crippen LogP contribution in [0.25, 0.3) is 0 Å². The Hall–Kier alpha value is -1.52. The van der Waals surface area contributed by atoms with Crippen molar-refractivity contribution in [3.05, 3.63) is 28.7 Å². The topological polar surface area (TPSA) is 70.4 Å². The highest BCUT2D eigenvalue weighted by Crippen LogP contribution is 2.20. The van der Waals surface area contributed by atoms with Crippen LogP contribution in [0.3, 0.4) is 0 Å². The van der Waals surface area contributed by atoms with E-state index in [0.29, 0.717) is 6.54 Å². The van der Waals surface area contributed by atoms with E-state index in [1.807, 2.05) is 30.3 Å². The van der Waals surface area contributed by atoms with Crippen LogP contribution in [0.1, 0.15) is 13.3 Å². The molecule has 0 N–H and O–H groups in total. The first-order valence-corrected chi connectivity index (χ1v) is 8.41. The zero-order chi connectivity index (χ0) is 16.5. The van der Waals surface area contributed by atoms with E-state index in [4.69, 9.17) is 10.00 Å². The van der Waals surface area contributed by atoms with Crippen LogP contribution in [0, 0.1) is 11.3 Å². The van der Waals surface area contributed by atoms with Gasteiger partial charge in [0.15, 0.2) is 6.10 Å². The maximum atomic E-state index is 11.9. The van der Waals surface area contributed by atoms with Gasteiger partial charge in [0.2, 0.25) is 0 Å². The van der Waals surface area contributed by atoms with Crippen molar-refractivity contribution >= 4 is 39.6 Å². The molecule has 0 fully saturated rings. The van der Waals surface area contributed by atoms with Gasteiger partial charge in [0.05, 0.1) is 18.2 Å². The van der Waals surface area contributed by atoms with Crippen LogP contribution in [-0.4, -0.2) is 42.2 Å². The second-order valence-electron chi connectivity index (χ2n) is 4.54. The molecule has 0 saturated heterocycles. The number of carbonyl (C=O) groups excluding carboxylic acids is 2. The number of rotatable bonds is 7. The molecule has 0 aliphatic heterocycles. The van der Waals surface area contributed by atoms with E-state index >= 15 is 0 Å². The van der Waals surface area contributed by atoms with Crippen molar-refractivity contribution in [1.82, 2.24) is 4.90 Å². The van der Waals surface area contributed by atoms with E-state index in [9.17, 15) is 9.59 Å². The summed E-state index contributed by atoms with van der Waals surface area (Å²) in [6.07, 6.45) is -0.593. The van der Waals surface area contributed by atoms with Crippen LogP contribution in [0.5, 0.6) is 0 Å². The maximum Gasteiger partial charge on any atom is 0.317 e. The van der Waals surface area contributed by atoms with Gasteiger partial charge in [-0.05, 0) is 31.2 Å². The first-order valence-electron chi connectivity index (χ1n) is 6.64. The summed E-state index contributed by atoms with van der Waals surface area (Å²) < 4.78 is 6.09. The highest BCUT2D eigenvalue weighted by atomic mass is 79.9.